The molecule has 0 aromatic carbocycles. The highest BCUT2D eigenvalue weighted by Gasteiger charge is 2.30. The molecule has 0 radical (unpaired) electrons. The van der Waals surface area contributed by atoms with Crippen molar-refractivity contribution in [3.05, 3.63) is 0 Å². The number of hydrogen-bond donors (Lipinski definition) is 1. The van der Waals surface area contributed by atoms with Crippen molar-refractivity contribution in [2.24, 2.45) is 10.9 Å². The average molecular weight is 394 g/mol. The molecule has 3 heterocycles. The fourth-order valence-corrected chi connectivity index (χ4v) is 4.31. The van der Waals surface area contributed by atoms with E-state index in [0.717, 1.165) is 83.6 Å². The first-order valence-corrected chi connectivity index (χ1v) is 11.3. The fraction of sp³-hybridized carbons (Fsp3) is 0.905. The van der Waals surface area contributed by atoms with Crippen LogP contribution in [0, 0.1) is 5.92 Å². The Kier molecular flexibility index (Phi) is 8.40. The molecule has 7 heteroatoms. The van der Waals surface area contributed by atoms with Gasteiger partial charge in [0.2, 0.25) is 0 Å². The van der Waals surface area contributed by atoms with E-state index in [1.807, 2.05) is 4.90 Å². The lowest BCUT2D eigenvalue weighted by Gasteiger charge is -2.37. The van der Waals surface area contributed by atoms with E-state index in [2.05, 4.69) is 29.0 Å². The first-order valence-electron chi connectivity index (χ1n) is 11.3. The van der Waals surface area contributed by atoms with Crippen LogP contribution in [0.5, 0.6) is 0 Å². The molecule has 0 aromatic heterocycles. The normalized spacial score (nSPS) is 25.4. The Hall–Kier alpha value is -1.34. The van der Waals surface area contributed by atoms with Crippen LogP contribution in [-0.2, 0) is 9.53 Å². The number of rotatable bonds is 6. The Morgan fingerprint density at radius 3 is 2.43 bits per heavy atom. The van der Waals surface area contributed by atoms with Crippen LogP contribution in [0.15, 0.2) is 4.99 Å². The Labute approximate surface area is 170 Å². The van der Waals surface area contributed by atoms with E-state index in [9.17, 15) is 4.79 Å². The van der Waals surface area contributed by atoms with Gasteiger partial charge in [-0.05, 0) is 64.6 Å². The quantitative estimate of drug-likeness (QED) is 0.420. The van der Waals surface area contributed by atoms with Gasteiger partial charge >= 0.3 is 0 Å². The number of guanidine groups is 1. The maximum absolute atomic E-state index is 12.5. The van der Waals surface area contributed by atoms with Gasteiger partial charge in [-0.1, -0.05) is 6.92 Å². The van der Waals surface area contributed by atoms with Gasteiger partial charge in [0, 0.05) is 45.9 Å². The highest BCUT2D eigenvalue weighted by atomic mass is 16.5. The average Bonchev–Trinajstić information content (AvgIpc) is 3.26. The molecule has 0 spiro atoms. The predicted molar refractivity (Wildman–Crippen MR) is 113 cm³/mol. The number of nitrogens with one attached hydrogen (secondary N) is 1. The van der Waals surface area contributed by atoms with Crippen molar-refractivity contribution >= 4 is 11.9 Å². The third-order valence-corrected chi connectivity index (χ3v) is 6.20. The summed E-state index contributed by atoms with van der Waals surface area (Å²) < 4.78 is 5.56. The van der Waals surface area contributed by atoms with E-state index in [1.54, 1.807) is 0 Å². The molecule has 160 valence electrons. The Morgan fingerprint density at radius 2 is 1.79 bits per heavy atom. The Morgan fingerprint density at radius 1 is 1.07 bits per heavy atom. The largest absolute Gasteiger partial charge is 0.368 e. The number of amides is 1. The molecule has 0 aromatic rings. The topological polar surface area (TPSA) is 60.4 Å². The molecule has 3 fully saturated rings. The maximum atomic E-state index is 12.5. The Balaban J connectivity index is 1.40. The molecule has 3 saturated heterocycles. The number of nitrogens with zero attached hydrogens (tertiary/aromatic N) is 4. The highest BCUT2D eigenvalue weighted by molar-refractivity contribution is 5.82. The molecule has 1 amide bonds. The number of likely N-dealkylation sites (tertiary alicyclic amines) is 1. The SMILES string of the molecule is CCNC(=NCCCN1CCC(C)CC1)N1CCN(C(=O)C2CCCO2)CC1. The van der Waals surface area contributed by atoms with E-state index in [1.165, 1.54) is 25.9 Å². The highest BCUT2D eigenvalue weighted by Crippen LogP contribution is 2.17. The van der Waals surface area contributed by atoms with Gasteiger partial charge in [-0.2, -0.15) is 0 Å². The minimum atomic E-state index is -0.203. The molecule has 3 aliphatic rings. The van der Waals surface area contributed by atoms with Crippen LogP contribution in [0.4, 0.5) is 0 Å². The summed E-state index contributed by atoms with van der Waals surface area (Å²) >= 11 is 0. The second-order valence-corrected chi connectivity index (χ2v) is 8.43. The van der Waals surface area contributed by atoms with Crippen LogP contribution in [0.2, 0.25) is 0 Å². The number of aliphatic imine (C=N–C) groups is 1. The Bertz CT molecular complexity index is 505. The van der Waals surface area contributed by atoms with Gasteiger partial charge in [0.25, 0.3) is 5.91 Å². The number of ether oxygens (including phenoxy) is 1. The monoisotopic (exact) mass is 393 g/mol. The first kappa shape index (κ1) is 21.4. The molecular formula is C21H39N5O2. The molecule has 3 rings (SSSR count). The summed E-state index contributed by atoms with van der Waals surface area (Å²) in [6.45, 7) is 13.8. The van der Waals surface area contributed by atoms with Crippen molar-refractivity contribution in [3.8, 4) is 0 Å². The summed E-state index contributed by atoms with van der Waals surface area (Å²) in [6, 6.07) is 0. The summed E-state index contributed by atoms with van der Waals surface area (Å²) in [5.74, 6) is 2.06. The second-order valence-electron chi connectivity index (χ2n) is 8.43. The summed E-state index contributed by atoms with van der Waals surface area (Å²) in [7, 11) is 0. The molecule has 0 saturated carbocycles. The van der Waals surface area contributed by atoms with Crippen LogP contribution >= 0.6 is 0 Å². The van der Waals surface area contributed by atoms with Crippen molar-refractivity contribution in [2.75, 3.05) is 65.5 Å². The molecule has 28 heavy (non-hydrogen) atoms. The maximum Gasteiger partial charge on any atom is 0.251 e. The number of carbonyl (C=O) groups excluding carboxylic acids is 1. The van der Waals surface area contributed by atoms with Crippen molar-refractivity contribution in [3.63, 3.8) is 0 Å². The van der Waals surface area contributed by atoms with Crippen molar-refractivity contribution in [1.82, 2.24) is 20.0 Å². The van der Waals surface area contributed by atoms with E-state index >= 15 is 0 Å². The summed E-state index contributed by atoms with van der Waals surface area (Å²) in [5.41, 5.74) is 0. The van der Waals surface area contributed by atoms with Gasteiger partial charge in [-0.15, -0.1) is 0 Å². The lowest BCUT2D eigenvalue weighted by Crippen LogP contribution is -2.55. The zero-order chi connectivity index (χ0) is 19.8. The molecular weight excluding hydrogens is 354 g/mol. The minimum absolute atomic E-state index is 0.176. The zero-order valence-corrected chi connectivity index (χ0v) is 17.9. The number of piperazine rings is 1. The fourth-order valence-electron chi connectivity index (χ4n) is 4.31. The summed E-state index contributed by atoms with van der Waals surface area (Å²) in [5, 5.41) is 3.43. The summed E-state index contributed by atoms with van der Waals surface area (Å²) in [6.07, 6.45) is 5.46. The van der Waals surface area contributed by atoms with Crippen molar-refractivity contribution in [2.45, 2.75) is 52.1 Å². The lowest BCUT2D eigenvalue weighted by molar-refractivity contribution is -0.142. The molecule has 7 nitrogen and oxygen atoms in total. The van der Waals surface area contributed by atoms with E-state index < -0.39 is 0 Å². The molecule has 1 atom stereocenters. The minimum Gasteiger partial charge on any atom is -0.368 e. The lowest BCUT2D eigenvalue weighted by atomic mass is 9.99. The van der Waals surface area contributed by atoms with Crippen LogP contribution in [0.3, 0.4) is 0 Å². The predicted octanol–water partition coefficient (Wildman–Crippen LogP) is 1.40. The van der Waals surface area contributed by atoms with Crippen LogP contribution < -0.4 is 5.32 Å². The van der Waals surface area contributed by atoms with Gasteiger partial charge in [0.1, 0.15) is 6.10 Å². The summed E-state index contributed by atoms with van der Waals surface area (Å²) in [4.78, 5) is 24.2. The van der Waals surface area contributed by atoms with Crippen LogP contribution in [-0.4, -0.2) is 98.2 Å². The molecule has 1 N–H and O–H groups in total. The number of carbonyl (C=O) groups is 1. The van der Waals surface area contributed by atoms with Gasteiger partial charge in [-0.25, -0.2) is 0 Å². The third-order valence-electron chi connectivity index (χ3n) is 6.20. The van der Waals surface area contributed by atoms with Crippen LogP contribution in [0.1, 0.15) is 46.0 Å². The first-order chi connectivity index (χ1) is 13.7. The van der Waals surface area contributed by atoms with E-state index in [4.69, 9.17) is 9.73 Å². The van der Waals surface area contributed by atoms with Gasteiger partial charge in [-0.3, -0.25) is 9.79 Å². The number of hydrogen-bond acceptors (Lipinski definition) is 4. The third kappa shape index (κ3) is 6.08. The molecule has 0 aliphatic carbocycles. The van der Waals surface area contributed by atoms with Crippen LogP contribution in [0.25, 0.3) is 0 Å². The molecule has 3 aliphatic heterocycles. The van der Waals surface area contributed by atoms with Crippen molar-refractivity contribution < 1.29 is 9.53 Å². The standard InChI is InChI=1S/C21H39N5O2/c1-3-22-21(23-9-5-10-24-11-7-18(2)8-12-24)26-15-13-25(14-16-26)20(27)19-6-4-17-28-19/h18-19H,3-17H2,1-2H3,(H,22,23). The van der Waals surface area contributed by atoms with E-state index in [0.29, 0.717) is 0 Å². The van der Waals surface area contributed by atoms with Gasteiger partial charge < -0.3 is 24.8 Å². The molecule has 1 unspecified atom stereocenters. The van der Waals surface area contributed by atoms with Crippen molar-refractivity contribution in [1.29, 1.82) is 0 Å². The zero-order valence-electron chi connectivity index (χ0n) is 17.9. The van der Waals surface area contributed by atoms with Gasteiger partial charge in [0.05, 0.1) is 0 Å². The second kappa shape index (κ2) is 11.0. The molecule has 0 bridgehead atoms. The van der Waals surface area contributed by atoms with E-state index in [-0.39, 0.29) is 12.0 Å². The van der Waals surface area contributed by atoms with Gasteiger partial charge in [0.15, 0.2) is 5.96 Å². The number of piperidine rings is 1. The smallest absolute Gasteiger partial charge is 0.251 e.